The zero-order chi connectivity index (χ0) is 15.5. The number of rotatable bonds is 3. The first-order valence-corrected chi connectivity index (χ1v) is 7.44. The zero-order valence-corrected chi connectivity index (χ0v) is 12.0. The van der Waals surface area contributed by atoms with E-state index in [4.69, 9.17) is 5.73 Å². The maximum Gasteiger partial charge on any atom is 0.416 e. The van der Waals surface area contributed by atoms with E-state index in [0.717, 1.165) is 50.7 Å². The Morgan fingerprint density at radius 1 is 1.14 bits per heavy atom. The highest BCUT2D eigenvalue weighted by Crippen LogP contribution is 2.45. The van der Waals surface area contributed by atoms with Crippen LogP contribution in [0, 0.1) is 5.41 Å². The largest absolute Gasteiger partial charge is 0.416 e. The van der Waals surface area contributed by atoms with Gasteiger partial charge in [0.1, 0.15) is 0 Å². The van der Waals surface area contributed by atoms with Gasteiger partial charge in [-0.15, -0.1) is 0 Å². The Labute approximate surface area is 123 Å². The van der Waals surface area contributed by atoms with Crippen LogP contribution in [0.2, 0.25) is 0 Å². The molecule has 21 heavy (non-hydrogen) atoms. The summed E-state index contributed by atoms with van der Waals surface area (Å²) in [6, 6.07) is 4.98. The van der Waals surface area contributed by atoms with Gasteiger partial charge in [-0.1, -0.05) is 37.8 Å². The first-order chi connectivity index (χ1) is 9.89. The molecule has 0 heterocycles. The van der Waals surface area contributed by atoms with E-state index in [0.29, 0.717) is 12.1 Å². The van der Waals surface area contributed by atoms with Crippen LogP contribution in [0.15, 0.2) is 24.3 Å². The lowest BCUT2D eigenvalue weighted by Crippen LogP contribution is -2.36. The van der Waals surface area contributed by atoms with Crippen LogP contribution in [0.5, 0.6) is 0 Å². The standard InChI is InChI=1S/C16H22F3NO/c17-16(18,19)13-7-5-6-12(10-13)14(21)15(11-20)8-3-1-2-4-9-15/h5-7,10,14,21H,1-4,8-9,11,20H2. The Morgan fingerprint density at radius 2 is 1.76 bits per heavy atom. The maximum atomic E-state index is 12.8. The Morgan fingerprint density at radius 3 is 2.29 bits per heavy atom. The minimum absolute atomic E-state index is 0.296. The smallest absolute Gasteiger partial charge is 0.388 e. The van der Waals surface area contributed by atoms with E-state index in [1.165, 1.54) is 6.07 Å². The number of aliphatic hydroxyl groups is 1. The fourth-order valence-corrected chi connectivity index (χ4v) is 3.26. The molecule has 0 spiro atoms. The first-order valence-electron chi connectivity index (χ1n) is 7.44. The molecule has 1 aromatic carbocycles. The fraction of sp³-hybridized carbons (Fsp3) is 0.625. The highest BCUT2D eigenvalue weighted by molar-refractivity contribution is 5.28. The molecule has 1 aliphatic carbocycles. The summed E-state index contributed by atoms with van der Waals surface area (Å²) in [7, 11) is 0. The number of hydrogen-bond acceptors (Lipinski definition) is 2. The second kappa shape index (κ2) is 6.36. The predicted molar refractivity (Wildman–Crippen MR) is 75.6 cm³/mol. The van der Waals surface area contributed by atoms with Crippen molar-refractivity contribution in [2.75, 3.05) is 6.54 Å². The van der Waals surface area contributed by atoms with Gasteiger partial charge in [-0.2, -0.15) is 13.2 Å². The average Bonchev–Trinajstić information content (AvgIpc) is 2.72. The summed E-state index contributed by atoms with van der Waals surface area (Å²) in [5, 5.41) is 10.7. The summed E-state index contributed by atoms with van der Waals surface area (Å²) >= 11 is 0. The van der Waals surface area contributed by atoms with Crippen molar-refractivity contribution >= 4 is 0 Å². The van der Waals surface area contributed by atoms with Gasteiger partial charge in [0.15, 0.2) is 0 Å². The van der Waals surface area contributed by atoms with Crippen LogP contribution in [-0.4, -0.2) is 11.7 Å². The lowest BCUT2D eigenvalue weighted by molar-refractivity contribution is -0.137. The van der Waals surface area contributed by atoms with Gasteiger partial charge < -0.3 is 10.8 Å². The SMILES string of the molecule is NCC1(C(O)c2cccc(C(F)(F)F)c2)CCCCCC1. The van der Waals surface area contributed by atoms with Crippen LogP contribution in [0.25, 0.3) is 0 Å². The number of alkyl halides is 3. The molecule has 3 N–H and O–H groups in total. The Bertz CT molecular complexity index is 465. The molecule has 1 saturated carbocycles. The van der Waals surface area contributed by atoms with Gasteiger partial charge in [-0.05, 0) is 30.5 Å². The van der Waals surface area contributed by atoms with Gasteiger partial charge in [0, 0.05) is 12.0 Å². The summed E-state index contributed by atoms with van der Waals surface area (Å²) < 4.78 is 38.4. The van der Waals surface area contributed by atoms with Crippen molar-refractivity contribution in [2.45, 2.75) is 50.8 Å². The van der Waals surface area contributed by atoms with Crippen LogP contribution in [0.4, 0.5) is 13.2 Å². The molecule has 5 heteroatoms. The van der Waals surface area contributed by atoms with E-state index in [9.17, 15) is 18.3 Å². The van der Waals surface area contributed by atoms with Crippen LogP contribution >= 0.6 is 0 Å². The number of benzene rings is 1. The van der Waals surface area contributed by atoms with E-state index in [1.54, 1.807) is 6.07 Å². The van der Waals surface area contributed by atoms with E-state index >= 15 is 0 Å². The molecular formula is C16H22F3NO. The Balaban J connectivity index is 2.31. The van der Waals surface area contributed by atoms with Crippen molar-refractivity contribution in [3.05, 3.63) is 35.4 Å². The minimum atomic E-state index is -4.39. The summed E-state index contributed by atoms with van der Waals surface area (Å²) in [5.41, 5.74) is 4.98. The first kappa shape index (κ1) is 16.3. The van der Waals surface area contributed by atoms with Crippen LogP contribution in [0.1, 0.15) is 55.8 Å². The summed E-state index contributed by atoms with van der Waals surface area (Å²) in [4.78, 5) is 0. The molecule has 0 radical (unpaired) electrons. The van der Waals surface area contributed by atoms with Crippen LogP contribution in [-0.2, 0) is 6.18 Å². The molecule has 0 bridgehead atoms. The third-order valence-corrected chi connectivity index (χ3v) is 4.62. The lowest BCUT2D eigenvalue weighted by Gasteiger charge is -2.37. The number of hydrogen-bond donors (Lipinski definition) is 2. The molecule has 0 aliphatic heterocycles. The van der Waals surface area contributed by atoms with Crippen molar-refractivity contribution in [3.8, 4) is 0 Å². The van der Waals surface area contributed by atoms with E-state index < -0.39 is 23.3 Å². The molecule has 1 aliphatic rings. The molecule has 1 aromatic rings. The van der Waals surface area contributed by atoms with Crippen LogP contribution in [0.3, 0.4) is 0 Å². The highest BCUT2D eigenvalue weighted by Gasteiger charge is 2.39. The Kier molecular flexibility index (Phi) is 4.94. The van der Waals surface area contributed by atoms with Gasteiger partial charge in [-0.3, -0.25) is 0 Å². The molecule has 2 rings (SSSR count). The molecular weight excluding hydrogens is 279 g/mol. The molecule has 0 aromatic heterocycles. The molecule has 118 valence electrons. The molecule has 0 saturated heterocycles. The molecule has 1 fully saturated rings. The van der Waals surface area contributed by atoms with E-state index in [2.05, 4.69) is 0 Å². The van der Waals surface area contributed by atoms with E-state index in [1.807, 2.05) is 0 Å². The van der Waals surface area contributed by atoms with Gasteiger partial charge in [0.05, 0.1) is 11.7 Å². The molecule has 0 amide bonds. The monoisotopic (exact) mass is 301 g/mol. The second-order valence-corrected chi connectivity index (χ2v) is 6.01. The van der Waals surface area contributed by atoms with Crippen molar-refractivity contribution in [3.63, 3.8) is 0 Å². The topological polar surface area (TPSA) is 46.2 Å². The van der Waals surface area contributed by atoms with E-state index in [-0.39, 0.29) is 0 Å². The fourth-order valence-electron chi connectivity index (χ4n) is 3.26. The quantitative estimate of drug-likeness (QED) is 0.828. The van der Waals surface area contributed by atoms with Gasteiger partial charge in [0.2, 0.25) is 0 Å². The summed E-state index contributed by atoms with van der Waals surface area (Å²) in [6.07, 6.45) is 0.314. The number of halogens is 3. The average molecular weight is 301 g/mol. The Hall–Kier alpha value is -1.07. The third-order valence-electron chi connectivity index (χ3n) is 4.62. The van der Waals surface area contributed by atoms with Gasteiger partial charge in [0.25, 0.3) is 0 Å². The van der Waals surface area contributed by atoms with Crippen molar-refractivity contribution < 1.29 is 18.3 Å². The molecule has 1 atom stereocenters. The van der Waals surface area contributed by atoms with Crippen molar-refractivity contribution in [2.24, 2.45) is 11.1 Å². The zero-order valence-electron chi connectivity index (χ0n) is 12.0. The van der Waals surface area contributed by atoms with Crippen molar-refractivity contribution in [1.29, 1.82) is 0 Å². The minimum Gasteiger partial charge on any atom is -0.388 e. The normalized spacial score (nSPS) is 20.8. The van der Waals surface area contributed by atoms with Gasteiger partial charge in [-0.25, -0.2) is 0 Å². The second-order valence-electron chi connectivity index (χ2n) is 6.01. The van der Waals surface area contributed by atoms with Gasteiger partial charge >= 0.3 is 6.18 Å². The van der Waals surface area contributed by atoms with Crippen LogP contribution < -0.4 is 5.73 Å². The molecule has 2 nitrogen and oxygen atoms in total. The van der Waals surface area contributed by atoms with Crippen molar-refractivity contribution in [1.82, 2.24) is 0 Å². The number of aliphatic hydroxyl groups excluding tert-OH is 1. The number of nitrogens with two attached hydrogens (primary N) is 1. The summed E-state index contributed by atoms with van der Waals surface area (Å²) in [5.74, 6) is 0. The predicted octanol–water partition coefficient (Wildman–Crippen LogP) is 4.04. The maximum absolute atomic E-state index is 12.8. The lowest BCUT2D eigenvalue weighted by atomic mass is 9.73. The summed E-state index contributed by atoms with van der Waals surface area (Å²) in [6.45, 7) is 0.296. The highest BCUT2D eigenvalue weighted by atomic mass is 19.4. The molecule has 1 unspecified atom stereocenters. The third kappa shape index (κ3) is 3.58.